The fourth-order valence-corrected chi connectivity index (χ4v) is 4.57. The molecule has 4 nitrogen and oxygen atoms in total. The number of carbonyl (C=O) groups excluding carboxylic acids is 1. The van der Waals surface area contributed by atoms with Crippen LogP contribution in [0, 0.1) is 18.3 Å². The molecule has 0 radical (unpaired) electrons. The molecule has 1 N–H and O–H groups in total. The third-order valence-corrected chi connectivity index (χ3v) is 6.34. The van der Waals surface area contributed by atoms with Crippen LogP contribution < -0.4 is 5.32 Å². The number of thiazole rings is 1. The Hall–Kier alpha value is -3.40. The van der Waals surface area contributed by atoms with Gasteiger partial charge in [0.15, 0.2) is 0 Å². The summed E-state index contributed by atoms with van der Waals surface area (Å²) in [5, 5.41) is 15.3. The van der Waals surface area contributed by atoms with Crippen molar-refractivity contribution in [2.75, 3.05) is 5.32 Å². The second-order valence-electron chi connectivity index (χ2n) is 6.49. The van der Waals surface area contributed by atoms with Crippen molar-refractivity contribution < 1.29 is 4.79 Å². The molecule has 0 saturated heterocycles. The van der Waals surface area contributed by atoms with Gasteiger partial charge >= 0.3 is 0 Å². The van der Waals surface area contributed by atoms with Crippen LogP contribution in [0.2, 0.25) is 0 Å². The summed E-state index contributed by atoms with van der Waals surface area (Å²) in [6.07, 6.45) is 0. The molecule has 1 heterocycles. The highest BCUT2D eigenvalue weighted by Crippen LogP contribution is 2.33. The van der Waals surface area contributed by atoms with Gasteiger partial charge in [0.2, 0.25) is 0 Å². The molecule has 0 aliphatic heterocycles. The van der Waals surface area contributed by atoms with Crippen LogP contribution >= 0.6 is 23.1 Å². The second kappa shape index (κ2) is 8.95. The molecule has 0 saturated carbocycles. The van der Waals surface area contributed by atoms with E-state index in [1.807, 2.05) is 73.0 Å². The van der Waals surface area contributed by atoms with Crippen molar-refractivity contribution in [2.24, 2.45) is 0 Å². The predicted molar refractivity (Wildman–Crippen MR) is 122 cm³/mol. The summed E-state index contributed by atoms with van der Waals surface area (Å²) >= 11 is 3.03. The van der Waals surface area contributed by atoms with Gasteiger partial charge < -0.3 is 5.32 Å². The molecule has 146 valence electrons. The van der Waals surface area contributed by atoms with Gasteiger partial charge in [-0.25, -0.2) is 4.98 Å². The molecule has 4 rings (SSSR count). The SMILES string of the molecule is Cc1nc(-c2ccc(NC(=O)c3ccccc3Sc3ccccc3C#N)cc2)cs1. The largest absolute Gasteiger partial charge is 0.322 e. The van der Waals surface area contributed by atoms with Crippen molar-refractivity contribution in [1.29, 1.82) is 5.26 Å². The zero-order chi connectivity index (χ0) is 20.9. The summed E-state index contributed by atoms with van der Waals surface area (Å²) < 4.78 is 0. The van der Waals surface area contributed by atoms with E-state index >= 15 is 0 Å². The van der Waals surface area contributed by atoms with Gasteiger partial charge in [0.1, 0.15) is 6.07 Å². The molecular weight excluding hydrogens is 410 g/mol. The normalized spacial score (nSPS) is 10.4. The van der Waals surface area contributed by atoms with Crippen LogP contribution in [0.5, 0.6) is 0 Å². The Labute approximate surface area is 183 Å². The summed E-state index contributed by atoms with van der Waals surface area (Å²) in [7, 11) is 0. The van der Waals surface area contributed by atoms with Gasteiger partial charge in [-0.1, -0.05) is 48.2 Å². The lowest BCUT2D eigenvalue weighted by atomic mass is 10.1. The number of nitriles is 1. The van der Waals surface area contributed by atoms with Crippen molar-refractivity contribution in [1.82, 2.24) is 4.98 Å². The first kappa shape index (κ1) is 19.9. The van der Waals surface area contributed by atoms with E-state index in [-0.39, 0.29) is 5.91 Å². The van der Waals surface area contributed by atoms with Crippen LogP contribution in [0.4, 0.5) is 5.69 Å². The molecule has 1 aromatic heterocycles. The minimum atomic E-state index is -0.190. The highest BCUT2D eigenvalue weighted by molar-refractivity contribution is 7.99. The first-order valence-corrected chi connectivity index (χ1v) is 10.9. The molecule has 3 aromatic carbocycles. The maximum atomic E-state index is 12.9. The van der Waals surface area contributed by atoms with E-state index in [9.17, 15) is 10.1 Å². The number of hydrogen-bond donors (Lipinski definition) is 1. The van der Waals surface area contributed by atoms with E-state index in [0.29, 0.717) is 16.8 Å². The van der Waals surface area contributed by atoms with Crippen LogP contribution in [0.3, 0.4) is 0 Å². The molecule has 0 fully saturated rings. The Balaban J connectivity index is 1.53. The van der Waals surface area contributed by atoms with Crippen molar-refractivity contribution in [3.05, 3.63) is 94.3 Å². The monoisotopic (exact) mass is 427 g/mol. The van der Waals surface area contributed by atoms with Crippen LogP contribution in [0.25, 0.3) is 11.3 Å². The average Bonchev–Trinajstić information content (AvgIpc) is 3.21. The van der Waals surface area contributed by atoms with Crippen LogP contribution in [0.1, 0.15) is 20.9 Å². The molecule has 0 spiro atoms. The van der Waals surface area contributed by atoms with Gasteiger partial charge in [0.05, 0.1) is 21.8 Å². The Morgan fingerprint density at radius 2 is 1.70 bits per heavy atom. The summed E-state index contributed by atoms with van der Waals surface area (Å²) in [5.41, 5.74) is 3.82. The van der Waals surface area contributed by atoms with E-state index in [4.69, 9.17) is 0 Å². The molecule has 1 amide bonds. The Kier molecular flexibility index (Phi) is 5.94. The minimum Gasteiger partial charge on any atom is -0.322 e. The number of hydrogen-bond acceptors (Lipinski definition) is 5. The van der Waals surface area contributed by atoms with Crippen LogP contribution in [0.15, 0.2) is 88.0 Å². The standard InChI is InChI=1S/C24H17N3OS2/c1-16-26-21(15-29-16)17-10-12-19(13-11-17)27-24(28)20-7-3-5-9-23(20)30-22-8-4-2-6-18(22)14-25/h2-13,15H,1H3,(H,27,28). The van der Waals surface area contributed by atoms with Gasteiger partial charge in [-0.3, -0.25) is 4.79 Å². The zero-order valence-corrected chi connectivity index (χ0v) is 17.8. The number of nitrogens with zero attached hydrogens (tertiary/aromatic N) is 2. The van der Waals surface area contributed by atoms with E-state index in [2.05, 4.69) is 16.4 Å². The molecule has 6 heteroatoms. The van der Waals surface area contributed by atoms with Crippen LogP contribution in [-0.4, -0.2) is 10.9 Å². The number of rotatable bonds is 5. The van der Waals surface area contributed by atoms with Crippen LogP contribution in [-0.2, 0) is 0 Å². The number of nitrogens with one attached hydrogen (secondary N) is 1. The maximum Gasteiger partial charge on any atom is 0.256 e. The molecule has 0 unspecified atom stereocenters. The summed E-state index contributed by atoms with van der Waals surface area (Å²) in [6, 6.07) is 24.6. The van der Waals surface area contributed by atoms with Gasteiger partial charge in [0.25, 0.3) is 5.91 Å². The first-order valence-electron chi connectivity index (χ1n) is 9.24. The molecule has 0 bridgehead atoms. The number of benzene rings is 3. The zero-order valence-electron chi connectivity index (χ0n) is 16.1. The summed E-state index contributed by atoms with van der Waals surface area (Å²) in [4.78, 5) is 19.0. The number of carbonyl (C=O) groups is 1. The lowest BCUT2D eigenvalue weighted by molar-refractivity contribution is 0.102. The Morgan fingerprint density at radius 3 is 2.40 bits per heavy atom. The molecular formula is C24H17N3OS2. The van der Waals surface area contributed by atoms with E-state index in [0.717, 1.165) is 26.1 Å². The number of anilines is 1. The molecule has 0 aliphatic rings. The molecule has 30 heavy (non-hydrogen) atoms. The van der Waals surface area contributed by atoms with E-state index in [1.54, 1.807) is 23.5 Å². The molecule has 0 aliphatic carbocycles. The van der Waals surface area contributed by atoms with Crippen molar-refractivity contribution >= 4 is 34.7 Å². The lowest BCUT2D eigenvalue weighted by Gasteiger charge is -2.11. The van der Waals surface area contributed by atoms with E-state index in [1.165, 1.54) is 11.8 Å². The fraction of sp³-hybridized carbons (Fsp3) is 0.0417. The lowest BCUT2D eigenvalue weighted by Crippen LogP contribution is -2.12. The van der Waals surface area contributed by atoms with Crippen molar-refractivity contribution in [3.8, 4) is 17.3 Å². The number of aryl methyl sites for hydroxylation is 1. The second-order valence-corrected chi connectivity index (χ2v) is 8.64. The van der Waals surface area contributed by atoms with Crippen molar-refractivity contribution in [2.45, 2.75) is 16.7 Å². The third kappa shape index (κ3) is 4.43. The third-order valence-electron chi connectivity index (χ3n) is 4.42. The topological polar surface area (TPSA) is 65.8 Å². The first-order chi connectivity index (χ1) is 14.6. The van der Waals surface area contributed by atoms with Gasteiger partial charge in [-0.2, -0.15) is 5.26 Å². The van der Waals surface area contributed by atoms with E-state index < -0.39 is 0 Å². The molecule has 4 aromatic rings. The summed E-state index contributed by atoms with van der Waals surface area (Å²) in [5.74, 6) is -0.190. The quantitative estimate of drug-likeness (QED) is 0.400. The van der Waals surface area contributed by atoms with Gasteiger partial charge in [-0.05, 0) is 43.3 Å². The Bertz CT molecular complexity index is 1240. The van der Waals surface area contributed by atoms with Gasteiger partial charge in [0, 0.05) is 26.4 Å². The number of amides is 1. The fourth-order valence-electron chi connectivity index (χ4n) is 2.93. The Morgan fingerprint density at radius 1 is 1.00 bits per heavy atom. The average molecular weight is 428 g/mol. The molecule has 0 atom stereocenters. The maximum absolute atomic E-state index is 12.9. The highest BCUT2D eigenvalue weighted by atomic mass is 32.2. The highest BCUT2D eigenvalue weighted by Gasteiger charge is 2.14. The summed E-state index contributed by atoms with van der Waals surface area (Å²) in [6.45, 7) is 1.98. The number of aromatic nitrogens is 1. The van der Waals surface area contributed by atoms with Crippen molar-refractivity contribution in [3.63, 3.8) is 0 Å². The predicted octanol–water partition coefficient (Wildman–Crippen LogP) is 6.39. The minimum absolute atomic E-state index is 0.190. The van der Waals surface area contributed by atoms with Gasteiger partial charge in [-0.15, -0.1) is 11.3 Å². The smallest absolute Gasteiger partial charge is 0.256 e.